The van der Waals surface area contributed by atoms with E-state index in [2.05, 4.69) is 4.99 Å². The minimum absolute atomic E-state index is 0.430. The van der Waals surface area contributed by atoms with Crippen LogP contribution in [0.3, 0.4) is 0 Å². The van der Waals surface area contributed by atoms with Crippen molar-refractivity contribution in [1.82, 2.24) is 0 Å². The number of nitrogens with two attached hydrogens (primary N) is 1. The lowest BCUT2D eigenvalue weighted by Crippen LogP contribution is -2.10. The molecule has 19 heavy (non-hydrogen) atoms. The molecule has 0 aliphatic heterocycles. The molecule has 0 aliphatic carbocycles. The van der Waals surface area contributed by atoms with Crippen molar-refractivity contribution in [1.29, 1.82) is 0 Å². The number of nitrogens with zero attached hydrogens (tertiary/aromatic N) is 1. The van der Waals surface area contributed by atoms with Crippen LogP contribution >= 0.6 is 11.8 Å². The Labute approximate surface area is 116 Å². The molecule has 4 heteroatoms. The first kappa shape index (κ1) is 13.4. The van der Waals surface area contributed by atoms with Gasteiger partial charge in [-0.25, -0.2) is 0 Å². The Kier molecular flexibility index (Phi) is 4.36. The van der Waals surface area contributed by atoms with E-state index in [0.717, 1.165) is 5.56 Å². The van der Waals surface area contributed by atoms with Crippen LogP contribution in [-0.2, 0) is 0 Å². The summed E-state index contributed by atoms with van der Waals surface area (Å²) in [6.07, 6.45) is 3.76. The van der Waals surface area contributed by atoms with Gasteiger partial charge in [-0.1, -0.05) is 24.3 Å². The highest BCUT2D eigenvalue weighted by atomic mass is 32.2. The predicted octanol–water partition coefficient (Wildman–Crippen LogP) is 3.26. The number of primary amides is 1. The molecule has 2 rings (SSSR count). The van der Waals surface area contributed by atoms with E-state index in [4.69, 9.17) is 5.73 Å². The van der Waals surface area contributed by atoms with Gasteiger partial charge in [0.2, 0.25) is 0 Å². The van der Waals surface area contributed by atoms with E-state index in [0.29, 0.717) is 11.3 Å². The van der Waals surface area contributed by atoms with Crippen LogP contribution in [0.4, 0.5) is 5.69 Å². The van der Waals surface area contributed by atoms with Crippen molar-refractivity contribution in [3.05, 3.63) is 59.7 Å². The van der Waals surface area contributed by atoms with Crippen LogP contribution in [0.2, 0.25) is 0 Å². The van der Waals surface area contributed by atoms with Crippen LogP contribution in [0.5, 0.6) is 0 Å². The second-order valence-corrected chi connectivity index (χ2v) is 4.79. The van der Waals surface area contributed by atoms with Crippen molar-refractivity contribution in [2.75, 3.05) is 6.26 Å². The van der Waals surface area contributed by atoms with Gasteiger partial charge in [-0.3, -0.25) is 9.79 Å². The van der Waals surface area contributed by atoms with Crippen LogP contribution in [0.15, 0.2) is 58.4 Å². The molecule has 2 N–H and O–H groups in total. The molecule has 0 heterocycles. The number of hydrogen-bond donors (Lipinski definition) is 1. The molecular formula is C15H14N2OS. The van der Waals surface area contributed by atoms with E-state index >= 15 is 0 Å². The minimum atomic E-state index is -0.467. The zero-order chi connectivity index (χ0) is 13.7. The molecule has 3 nitrogen and oxygen atoms in total. The highest BCUT2D eigenvalue weighted by Crippen LogP contribution is 2.18. The fraction of sp³-hybridized carbons (Fsp3) is 0.0667. The second kappa shape index (κ2) is 6.20. The van der Waals surface area contributed by atoms with E-state index in [9.17, 15) is 4.79 Å². The fourth-order valence-electron chi connectivity index (χ4n) is 1.63. The van der Waals surface area contributed by atoms with Gasteiger partial charge < -0.3 is 5.73 Å². The highest BCUT2D eigenvalue weighted by Gasteiger charge is 2.04. The average molecular weight is 270 g/mol. The van der Waals surface area contributed by atoms with Crippen molar-refractivity contribution in [2.45, 2.75) is 4.90 Å². The molecule has 1 amide bonds. The average Bonchev–Trinajstić information content (AvgIpc) is 2.46. The Bertz CT molecular complexity index is 606. The summed E-state index contributed by atoms with van der Waals surface area (Å²) in [6.45, 7) is 0. The summed E-state index contributed by atoms with van der Waals surface area (Å²) in [7, 11) is 0. The van der Waals surface area contributed by atoms with E-state index in [-0.39, 0.29) is 0 Å². The number of thioether (sulfide) groups is 1. The van der Waals surface area contributed by atoms with Crippen molar-refractivity contribution in [3.63, 3.8) is 0 Å². The lowest BCUT2D eigenvalue weighted by atomic mass is 10.1. The van der Waals surface area contributed by atoms with Crippen LogP contribution in [0.25, 0.3) is 0 Å². The quantitative estimate of drug-likeness (QED) is 0.685. The number of aliphatic imine (C=N–C) groups is 1. The molecule has 0 saturated heterocycles. The van der Waals surface area contributed by atoms with E-state index in [1.165, 1.54) is 4.90 Å². The molecule has 0 radical (unpaired) electrons. The summed E-state index contributed by atoms with van der Waals surface area (Å²) in [6, 6.07) is 15.1. The molecule has 0 aromatic heterocycles. The summed E-state index contributed by atoms with van der Waals surface area (Å²) in [4.78, 5) is 16.8. The Morgan fingerprint density at radius 1 is 1.16 bits per heavy atom. The second-order valence-electron chi connectivity index (χ2n) is 3.91. The zero-order valence-electron chi connectivity index (χ0n) is 10.5. The topological polar surface area (TPSA) is 55.4 Å². The molecule has 0 bridgehead atoms. The van der Waals surface area contributed by atoms with Gasteiger partial charge in [-0.15, -0.1) is 11.8 Å². The molecule has 0 unspecified atom stereocenters. The fourth-order valence-corrected chi connectivity index (χ4v) is 2.04. The monoisotopic (exact) mass is 270 g/mol. The molecule has 0 spiro atoms. The third kappa shape index (κ3) is 3.45. The van der Waals surface area contributed by atoms with Gasteiger partial charge in [0.15, 0.2) is 0 Å². The third-order valence-corrected chi connectivity index (χ3v) is 3.38. The van der Waals surface area contributed by atoms with Crippen LogP contribution in [0, 0.1) is 0 Å². The summed E-state index contributed by atoms with van der Waals surface area (Å²) < 4.78 is 0. The molecular weight excluding hydrogens is 256 g/mol. The summed E-state index contributed by atoms with van der Waals surface area (Å²) in [5, 5.41) is 0. The highest BCUT2D eigenvalue weighted by molar-refractivity contribution is 7.98. The molecule has 2 aromatic carbocycles. The van der Waals surface area contributed by atoms with Gasteiger partial charge in [0.05, 0.1) is 11.3 Å². The van der Waals surface area contributed by atoms with E-state index in [1.807, 2.05) is 36.6 Å². The third-order valence-electron chi connectivity index (χ3n) is 2.64. The maximum atomic E-state index is 11.3. The summed E-state index contributed by atoms with van der Waals surface area (Å²) >= 11 is 1.69. The number of amides is 1. The van der Waals surface area contributed by atoms with Crippen LogP contribution < -0.4 is 5.73 Å². The van der Waals surface area contributed by atoms with Gasteiger partial charge in [0.1, 0.15) is 0 Å². The van der Waals surface area contributed by atoms with Gasteiger partial charge >= 0.3 is 0 Å². The Morgan fingerprint density at radius 3 is 2.47 bits per heavy atom. The van der Waals surface area contributed by atoms with Gasteiger partial charge in [-0.2, -0.15) is 0 Å². The first-order valence-corrected chi connectivity index (χ1v) is 7.00. The van der Waals surface area contributed by atoms with Crippen molar-refractivity contribution >= 4 is 29.6 Å². The number of rotatable bonds is 4. The van der Waals surface area contributed by atoms with Gasteiger partial charge in [0.25, 0.3) is 5.91 Å². The van der Waals surface area contributed by atoms with E-state index < -0.39 is 5.91 Å². The number of para-hydroxylation sites is 1. The summed E-state index contributed by atoms with van der Waals surface area (Å²) in [5.41, 5.74) is 7.31. The molecule has 96 valence electrons. The zero-order valence-corrected chi connectivity index (χ0v) is 11.4. The lowest BCUT2D eigenvalue weighted by molar-refractivity contribution is 0.100. The maximum Gasteiger partial charge on any atom is 0.250 e. The Morgan fingerprint density at radius 2 is 1.84 bits per heavy atom. The van der Waals surface area contributed by atoms with Crippen molar-refractivity contribution in [3.8, 4) is 0 Å². The number of benzene rings is 2. The predicted molar refractivity (Wildman–Crippen MR) is 80.4 cm³/mol. The summed E-state index contributed by atoms with van der Waals surface area (Å²) in [5.74, 6) is -0.467. The molecule has 0 fully saturated rings. The maximum absolute atomic E-state index is 11.3. The molecule has 2 aromatic rings. The number of carbonyl (C=O) groups excluding carboxylic acids is 1. The standard InChI is InChI=1S/C15H14N2OS/c1-19-12-8-6-11(7-9-12)10-17-14-5-3-2-4-13(14)15(16)18/h2-10H,1H3,(H2,16,18). The van der Waals surface area contributed by atoms with Gasteiger partial charge in [-0.05, 0) is 36.1 Å². The number of hydrogen-bond acceptors (Lipinski definition) is 3. The first-order valence-electron chi connectivity index (χ1n) is 5.77. The largest absolute Gasteiger partial charge is 0.366 e. The minimum Gasteiger partial charge on any atom is -0.366 e. The van der Waals surface area contributed by atoms with Crippen molar-refractivity contribution < 1.29 is 4.79 Å². The van der Waals surface area contributed by atoms with Crippen LogP contribution in [0.1, 0.15) is 15.9 Å². The number of carbonyl (C=O) groups is 1. The lowest BCUT2D eigenvalue weighted by Gasteiger charge is -2.01. The molecule has 0 atom stereocenters. The van der Waals surface area contributed by atoms with Crippen molar-refractivity contribution in [2.24, 2.45) is 10.7 Å². The molecule has 0 saturated carbocycles. The van der Waals surface area contributed by atoms with Gasteiger partial charge in [0, 0.05) is 11.1 Å². The normalized spacial score (nSPS) is 10.8. The smallest absolute Gasteiger partial charge is 0.250 e. The Hall–Kier alpha value is -2.07. The Balaban J connectivity index is 2.24. The van der Waals surface area contributed by atoms with Crippen LogP contribution in [-0.4, -0.2) is 18.4 Å². The molecule has 0 aliphatic rings. The first-order chi connectivity index (χ1) is 9.20. The SMILES string of the molecule is CSc1ccc(C=Nc2ccccc2C(N)=O)cc1. The van der Waals surface area contributed by atoms with E-state index in [1.54, 1.807) is 36.2 Å².